The molecular weight excluding hydrogens is 260 g/mol. The zero-order valence-corrected chi connectivity index (χ0v) is 13.5. The molecule has 0 aromatic carbocycles. The van der Waals surface area contributed by atoms with Crippen molar-refractivity contribution < 1.29 is 8.42 Å². The van der Waals surface area contributed by atoms with Gasteiger partial charge in [-0.15, -0.1) is 0 Å². The van der Waals surface area contributed by atoms with Gasteiger partial charge in [0.1, 0.15) is 9.84 Å². The molecule has 1 saturated carbocycles. The number of nitrogens with zero attached hydrogens (tertiary/aromatic N) is 1. The third kappa shape index (κ3) is 7.28. The molecule has 5 heteroatoms. The van der Waals surface area contributed by atoms with E-state index in [0.29, 0.717) is 6.54 Å². The van der Waals surface area contributed by atoms with E-state index >= 15 is 0 Å². The highest BCUT2D eigenvalue weighted by Gasteiger charge is 2.22. The lowest BCUT2D eigenvalue weighted by Crippen LogP contribution is -2.39. The molecule has 0 aliphatic heterocycles. The Hall–Kier alpha value is -0.130. The molecule has 0 aromatic rings. The first-order chi connectivity index (χ1) is 8.92. The van der Waals surface area contributed by atoms with Gasteiger partial charge in [0, 0.05) is 31.9 Å². The first kappa shape index (κ1) is 16.9. The molecule has 0 heterocycles. The average Bonchev–Trinajstić information content (AvgIpc) is 2.37. The zero-order chi connectivity index (χ0) is 14.3. The van der Waals surface area contributed by atoms with Crippen LogP contribution in [0.1, 0.15) is 39.0 Å². The van der Waals surface area contributed by atoms with Crippen LogP contribution in [0.5, 0.6) is 0 Å². The van der Waals surface area contributed by atoms with Gasteiger partial charge < -0.3 is 10.2 Å². The minimum absolute atomic E-state index is 0.234. The smallest absolute Gasteiger partial charge is 0.148 e. The number of rotatable bonds is 8. The predicted octanol–water partition coefficient (Wildman–Crippen LogP) is 1.52. The van der Waals surface area contributed by atoms with Crippen molar-refractivity contribution in [1.82, 2.24) is 10.2 Å². The fraction of sp³-hybridized carbons (Fsp3) is 1.00. The fourth-order valence-corrected chi connectivity index (χ4v) is 3.33. The molecule has 0 radical (unpaired) electrons. The first-order valence-corrected chi connectivity index (χ1v) is 9.57. The van der Waals surface area contributed by atoms with E-state index in [1.807, 2.05) is 0 Å². The van der Waals surface area contributed by atoms with E-state index in [2.05, 4.69) is 24.2 Å². The van der Waals surface area contributed by atoms with Crippen LogP contribution in [0.15, 0.2) is 0 Å². The van der Waals surface area contributed by atoms with Crippen molar-refractivity contribution in [3.05, 3.63) is 0 Å². The van der Waals surface area contributed by atoms with Crippen LogP contribution in [0.4, 0.5) is 0 Å². The Morgan fingerprint density at radius 2 is 1.79 bits per heavy atom. The van der Waals surface area contributed by atoms with Gasteiger partial charge >= 0.3 is 0 Å². The maximum Gasteiger partial charge on any atom is 0.148 e. The quantitative estimate of drug-likeness (QED) is 0.689. The van der Waals surface area contributed by atoms with Crippen molar-refractivity contribution in [1.29, 1.82) is 0 Å². The summed E-state index contributed by atoms with van der Waals surface area (Å²) < 4.78 is 22.0. The van der Waals surface area contributed by atoms with Crippen LogP contribution in [0.25, 0.3) is 0 Å². The van der Waals surface area contributed by atoms with Crippen molar-refractivity contribution in [2.45, 2.75) is 45.1 Å². The van der Waals surface area contributed by atoms with E-state index in [0.717, 1.165) is 25.0 Å². The van der Waals surface area contributed by atoms with E-state index in [9.17, 15) is 8.42 Å². The summed E-state index contributed by atoms with van der Waals surface area (Å²) in [6.45, 7) is 4.74. The molecule has 19 heavy (non-hydrogen) atoms. The summed E-state index contributed by atoms with van der Waals surface area (Å²) in [5.74, 6) is 1.18. The lowest BCUT2D eigenvalue weighted by Gasteiger charge is -2.34. The van der Waals surface area contributed by atoms with Gasteiger partial charge in [-0.25, -0.2) is 8.42 Å². The molecule has 0 unspecified atom stereocenters. The van der Waals surface area contributed by atoms with Gasteiger partial charge in [0.05, 0.1) is 5.75 Å². The number of hydrogen-bond donors (Lipinski definition) is 1. The topological polar surface area (TPSA) is 49.4 Å². The molecule has 0 amide bonds. The number of sulfone groups is 1. The van der Waals surface area contributed by atoms with Gasteiger partial charge in [-0.05, 0) is 38.6 Å². The van der Waals surface area contributed by atoms with Crippen LogP contribution >= 0.6 is 0 Å². The van der Waals surface area contributed by atoms with E-state index < -0.39 is 9.84 Å². The summed E-state index contributed by atoms with van der Waals surface area (Å²) in [7, 11) is -0.641. The van der Waals surface area contributed by atoms with E-state index in [1.165, 1.54) is 38.4 Å². The fourth-order valence-electron chi connectivity index (χ4n) is 2.81. The number of likely N-dealkylation sites (N-methyl/N-ethyl adjacent to an activating group) is 1. The van der Waals surface area contributed by atoms with Gasteiger partial charge in [-0.1, -0.05) is 13.3 Å². The van der Waals surface area contributed by atoms with Gasteiger partial charge in [-0.2, -0.15) is 0 Å². The molecule has 1 aliphatic carbocycles. The Kier molecular flexibility index (Phi) is 7.32. The zero-order valence-electron chi connectivity index (χ0n) is 12.7. The van der Waals surface area contributed by atoms with Crippen LogP contribution in [-0.4, -0.2) is 58.1 Å². The van der Waals surface area contributed by atoms with Crippen LogP contribution in [0.3, 0.4) is 0 Å². The maximum absolute atomic E-state index is 11.0. The van der Waals surface area contributed by atoms with Gasteiger partial charge in [0.25, 0.3) is 0 Å². The molecule has 0 saturated heterocycles. The predicted molar refractivity (Wildman–Crippen MR) is 81.2 cm³/mol. The van der Waals surface area contributed by atoms with Crippen LogP contribution in [-0.2, 0) is 9.84 Å². The summed E-state index contributed by atoms with van der Waals surface area (Å²) in [5, 5.41) is 3.21. The second-order valence-corrected chi connectivity index (χ2v) is 8.20. The standard InChI is InChI=1S/C14H30N2O2S/c1-4-13-5-7-14(8-6-13)16(2)11-9-15-10-12-19(3,17)18/h13-15H,4-12H2,1-3H3. The second kappa shape index (κ2) is 8.22. The average molecular weight is 290 g/mol. The maximum atomic E-state index is 11.0. The summed E-state index contributed by atoms with van der Waals surface area (Å²) in [6.07, 6.45) is 7.98. The first-order valence-electron chi connectivity index (χ1n) is 7.51. The molecular formula is C14H30N2O2S. The summed E-state index contributed by atoms with van der Waals surface area (Å²) in [5.41, 5.74) is 0. The molecule has 0 aromatic heterocycles. The number of hydrogen-bond acceptors (Lipinski definition) is 4. The molecule has 0 atom stereocenters. The molecule has 0 spiro atoms. The molecule has 1 fully saturated rings. The molecule has 0 bridgehead atoms. The summed E-state index contributed by atoms with van der Waals surface area (Å²) >= 11 is 0. The van der Waals surface area contributed by atoms with Crippen molar-refractivity contribution in [2.75, 3.05) is 38.7 Å². The summed E-state index contributed by atoms with van der Waals surface area (Å²) in [6, 6.07) is 0.722. The Balaban J connectivity index is 2.09. The molecule has 1 rings (SSSR count). The third-order valence-corrected chi connectivity index (χ3v) is 5.25. The monoisotopic (exact) mass is 290 g/mol. The van der Waals surface area contributed by atoms with E-state index in [1.54, 1.807) is 0 Å². The molecule has 114 valence electrons. The molecule has 4 nitrogen and oxygen atoms in total. The van der Waals surface area contributed by atoms with E-state index in [-0.39, 0.29) is 5.75 Å². The molecule has 1 aliphatic rings. The highest BCUT2D eigenvalue weighted by molar-refractivity contribution is 7.90. The lowest BCUT2D eigenvalue weighted by molar-refractivity contribution is 0.164. The third-order valence-electron chi connectivity index (χ3n) is 4.31. The van der Waals surface area contributed by atoms with Gasteiger partial charge in [-0.3, -0.25) is 0 Å². The Morgan fingerprint density at radius 1 is 1.16 bits per heavy atom. The second-order valence-electron chi connectivity index (χ2n) is 5.94. The van der Waals surface area contributed by atoms with Crippen LogP contribution in [0, 0.1) is 5.92 Å². The Morgan fingerprint density at radius 3 is 2.32 bits per heavy atom. The Bertz CT molecular complexity index is 335. The minimum atomic E-state index is -2.83. The largest absolute Gasteiger partial charge is 0.314 e. The van der Waals surface area contributed by atoms with Gasteiger partial charge in [0.15, 0.2) is 0 Å². The SMILES string of the molecule is CCC1CCC(N(C)CCNCCS(C)(=O)=O)CC1. The van der Waals surface area contributed by atoms with Crippen molar-refractivity contribution >= 4 is 9.84 Å². The van der Waals surface area contributed by atoms with Crippen molar-refractivity contribution in [3.8, 4) is 0 Å². The number of nitrogens with one attached hydrogen (secondary N) is 1. The highest BCUT2D eigenvalue weighted by Crippen LogP contribution is 2.28. The molecule has 1 N–H and O–H groups in total. The normalized spacial score (nSPS) is 24.8. The summed E-state index contributed by atoms with van der Waals surface area (Å²) in [4.78, 5) is 2.43. The van der Waals surface area contributed by atoms with E-state index in [4.69, 9.17) is 0 Å². The lowest BCUT2D eigenvalue weighted by atomic mass is 9.84. The van der Waals surface area contributed by atoms with Crippen molar-refractivity contribution in [3.63, 3.8) is 0 Å². The highest BCUT2D eigenvalue weighted by atomic mass is 32.2. The Labute approximate surface area is 118 Å². The van der Waals surface area contributed by atoms with Crippen LogP contribution in [0.2, 0.25) is 0 Å². The van der Waals surface area contributed by atoms with Crippen molar-refractivity contribution in [2.24, 2.45) is 5.92 Å². The van der Waals surface area contributed by atoms with Gasteiger partial charge in [0.2, 0.25) is 0 Å². The van der Waals surface area contributed by atoms with Crippen LogP contribution < -0.4 is 5.32 Å². The minimum Gasteiger partial charge on any atom is -0.314 e.